The number of carbonyl (C=O) groups is 2. The van der Waals surface area contributed by atoms with Gasteiger partial charge in [-0.05, 0) is 26.3 Å². The molecule has 0 unspecified atom stereocenters. The molecule has 0 fully saturated rings. The Balaban J connectivity index is -0.000000317. The number of aliphatic carboxylic acids is 1. The van der Waals surface area contributed by atoms with Crippen molar-refractivity contribution in [2.75, 3.05) is 34.5 Å². The molecular formula is C15H32O8Si2. The van der Waals surface area contributed by atoms with Crippen LogP contribution < -0.4 is 0 Å². The third kappa shape index (κ3) is 27.8. The summed E-state index contributed by atoms with van der Waals surface area (Å²) >= 11 is 0. The van der Waals surface area contributed by atoms with Gasteiger partial charge in [-0.1, -0.05) is 13.2 Å². The van der Waals surface area contributed by atoms with E-state index in [9.17, 15) is 9.59 Å². The lowest BCUT2D eigenvalue weighted by atomic mass is 10.4. The molecule has 0 rings (SSSR count). The summed E-state index contributed by atoms with van der Waals surface area (Å²) in [6.45, 7) is 11.2. The zero-order chi connectivity index (χ0) is 20.1. The highest BCUT2D eigenvalue weighted by atomic mass is 28.3. The van der Waals surface area contributed by atoms with E-state index in [4.69, 9.17) is 27.5 Å². The zero-order valence-electron chi connectivity index (χ0n) is 15.9. The van der Waals surface area contributed by atoms with Gasteiger partial charge < -0.3 is 27.5 Å². The summed E-state index contributed by atoms with van der Waals surface area (Å²) in [5, 5.41) is 7.89. The maximum atomic E-state index is 10.5. The van der Waals surface area contributed by atoms with Crippen LogP contribution in [0.3, 0.4) is 0 Å². The highest BCUT2D eigenvalue weighted by Crippen LogP contribution is 1.91. The van der Waals surface area contributed by atoms with Crippen LogP contribution in [0.25, 0.3) is 0 Å². The molecular weight excluding hydrogens is 364 g/mol. The van der Waals surface area contributed by atoms with Gasteiger partial charge in [-0.3, -0.25) is 0 Å². The number of carboxylic acid groups (broad SMARTS) is 1. The fraction of sp³-hybridized carbons (Fsp3) is 0.600. The van der Waals surface area contributed by atoms with Crippen LogP contribution in [0.15, 0.2) is 24.8 Å². The smallest absolute Gasteiger partial charge is 0.478 e. The van der Waals surface area contributed by atoms with Gasteiger partial charge in [-0.15, -0.1) is 0 Å². The van der Waals surface area contributed by atoms with Crippen LogP contribution in [-0.2, 0) is 32.0 Å². The number of ether oxygens (including phenoxy) is 1. The third-order valence-electron chi connectivity index (χ3n) is 2.24. The second kappa shape index (κ2) is 22.7. The lowest BCUT2D eigenvalue weighted by Gasteiger charge is -2.05. The molecule has 0 heterocycles. The summed E-state index contributed by atoms with van der Waals surface area (Å²) in [5.74, 6) is -1.27. The lowest BCUT2D eigenvalue weighted by Crippen LogP contribution is -2.21. The van der Waals surface area contributed by atoms with Gasteiger partial charge in [0.2, 0.25) is 0 Å². The van der Waals surface area contributed by atoms with Crippen LogP contribution in [-0.4, -0.2) is 70.9 Å². The van der Waals surface area contributed by atoms with E-state index in [1.807, 2.05) is 6.92 Å². The van der Waals surface area contributed by atoms with E-state index in [1.165, 1.54) is 13.0 Å². The highest BCUT2D eigenvalue weighted by molar-refractivity contribution is 6.36. The van der Waals surface area contributed by atoms with Gasteiger partial charge in [0.25, 0.3) is 0 Å². The van der Waals surface area contributed by atoms with Gasteiger partial charge in [0.15, 0.2) is 9.76 Å². The molecule has 0 atom stereocenters. The molecule has 0 saturated heterocycles. The Morgan fingerprint density at radius 1 is 1.20 bits per heavy atom. The van der Waals surface area contributed by atoms with E-state index in [-0.39, 0.29) is 21.3 Å². The second-order valence-electron chi connectivity index (χ2n) is 4.36. The standard InChI is InChI=1S/C8H16O3Si.C4H6O2.C3H10O3Si/c1-3-8(9)10-6-5-7-12-11-4-2;1-3(2)4(5)6;1-4-7(5-2)6-3/h3H,1,4-7,12H2,2H3;1H2,2H3,(H,5,6);7H,1-3H3. The van der Waals surface area contributed by atoms with E-state index >= 15 is 0 Å². The van der Waals surface area contributed by atoms with E-state index in [0.717, 1.165) is 19.1 Å². The zero-order valence-corrected chi connectivity index (χ0v) is 18.5. The molecule has 0 aromatic rings. The fourth-order valence-corrected chi connectivity index (χ4v) is 2.45. The van der Waals surface area contributed by atoms with Crippen molar-refractivity contribution in [2.45, 2.75) is 26.3 Å². The molecule has 10 heteroatoms. The molecule has 0 spiro atoms. The van der Waals surface area contributed by atoms with Crippen molar-refractivity contribution < 1.29 is 37.1 Å². The van der Waals surface area contributed by atoms with Crippen LogP contribution in [0, 0.1) is 0 Å². The molecule has 0 bridgehead atoms. The second-order valence-corrected chi connectivity index (χ2v) is 7.87. The monoisotopic (exact) mass is 396 g/mol. The summed E-state index contributed by atoms with van der Waals surface area (Å²) in [6, 6.07) is 1.07. The Morgan fingerprint density at radius 3 is 1.96 bits per heavy atom. The predicted molar refractivity (Wildman–Crippen MR) is 101 cm³/mol. The Kier molecular flexibility index (Phi) is 25.9. The van der Waals surface area contributed by atoms with Crippen molar-refractivity contribution in [3.63, 3.8) is 0 Å². The van der Waals surface area contributed by atoms with Crippen molar-refractivity contribution in [1.29, 1.82) is 0 Å². The van der Waals surface area contributed by atoms with Crippen molar-refractivity contribution in [2.24, 2.45) is 0 Å². The molecule has 8 nitrogen and oxygen atoms in total. The van der Waals surface area contributed by atoms with Gasteiger partial charge in [-0.25, -0.2) is 9.59 Å². The summed E-state index contributed by atoms with van der Waals surface area (Å²) in [7, 11) is 2.69. The quantitative estimate of drug-likeness (QED) is 0.238. The molecule has 1 N–H and O–H groups in total. The molecule has 148 valence electrons. The Morgan fingerprint density at radius 2 is 1.68 bits per heavy atom. The largest absolute Gasteiger partial charge is 0.483 e. The number of hydrogen-bond donors (Lipinski definition) is 1. The summed E-state index contributed by atoms with van der Waals surface area (Å²) in [5.41, 5.74) is 0.176. The summed E-state index contributed by atoms with van der Waals surface area (Å²) in [4.78, 5) is 20.1. The van der Waals surface area contributed by atoms with Gasteiger partial charge in [0.1, 0.15) is 0 Å². The average Bonchev–Trinajstić information content (AvgIpc) is 2.60. The average molecular weight is 397 g/mol. The van der Waals surface area contributed by atoms with Gasteiger partial charge in [-0.2, -0.15) is 0 Å². The summed E-state index contributed by atoms with van der Waals surface area (Å²) < 4.78 is 24.3. The van der Waals surface area contributed by atoms with Gasteiger partial charge in [0.05, 0.1) is 6.61 Å². The lowest BCUT2D eigenvalue weighted by molar-refractivity contribution is -0.137. The minimum Gasteiger partial charge on any atom is -0.478 e. The van der Waals surface area contributed by atoms with Gasteiger partial charge in [0, 0.05) is 39.6 Å². The normalized spacial score (nSPS) is 9.68. The Hall–Kier alpha value is -1.31. The first-order valence-corrected chi connectivity index (χ1v) is 10.6. The van der Waals surface area contributed by atoms with Crippen LogP contribution >= 0.6 is 0 Å². The molecule has 0 aliphatic carbocycles. The van der Waals surface area contributed by atoms with Crippen LogP contribution in [0.5, 0.6) is 0 Å². The van der Waals surface area contributed by atoms with E-state index in [2.05, 4.69) is 13.2 Å². The predicted octanol–water partition coefficient (Wildman–Crippen LogP) is 0.934. The van der Waals surface area contributed by atoms with Crippen LogP contribution in [0.4, 0.5) is 0 Å². The molecule has 0 aliphatic rings. The first-order valence-electron chi connectivity index (χ1n) is 7.64. The maximum Gasteiger partial charge on any atom is 0.483 e. The SMILES string of the molecule is C=C(C)C(=O)O.C=CC(=O)OCCC[SiH2]OCC.CO[SiH](OC)OC. The third-order valence-corrected chi connectivity index (χ3v) is 4.88. The first-order chi connectivity index (χ1) is 11.8. The van der Waals surface area contributed by atoms with E-state index in [1.54, 1.807) is 21.3 Å². The molecule has 25 heavy (non-hydrogen) atoms. The van der Waals surface area contributed by atoms with Gasteiger partial charge >= 0.3 is 21.5 Å². The Bertz CT molecular complexity index is 342. The minimum absolute atomic E-state index is 0.176. The van der Waals surface area contributed by atoms with Crippen molar-refractivity contribution in [1.82, 2.24) is 0 Å². The minimum atomic E-state index is -1.67. The molecule has 0 amide bonds. The fourth-order valence-electron chi connectivity index (χ4n) is 0.971. The van der Waals surface area contributed by atoms with Crippen LogP contribution in [0.1, 0.15) is 20.3 Å². The molecule has 0 saturated carbocycles. The van der Waals surface area contributed by atoms with E-state index < -0.39 is 15.5 Å². The summed E-state index contributed by atoms with van der Waals surface area (Å²) in [6.07, 6.45) is 2.09. The molecule has 0 aliphatic heterocycles. The number of carbonyl (C=O) groups excluding carboxylic acids is 1. The maximum absolute atomic E-state index is 10.5. The molecule has 0 aromatic carbocycles. The Labute approximate surface area is 154 Å². The van der Waals surface area contributed by atoms with Crippen LogP contribution in [0.2, 0.25) is 6.04 Å². The van der Waals surface area contributed by atoms with Crippen molar-refractivity contribution in [3.8, 4) is 0 Å². The number of hydrogen-bond acceptors (Lipinski definition) is 7. The number of esters is 1. The number of carboxylic acids is 1. The topological polar surface area (TPSA) is 101 Å². The van der Waals surface area contributed by atoms with Crippen molar-refractivity contribution >= 4 is 31.2 Å². The first kappa shape index (κ1) is 28.5. The molecule has 0 aromatic heterocycles. The molecule has 0 radical (unpaired) electrons. The highest BCUT2D eigenvalue weighted by Gasteiger charge is 2.05. The van der Waals surface area contributed by atoms with Crippen molar-refractivity contribution in [3.05, 3.63) is 24.8 Å². The number of rotatable bonds is 11. The van der Waals surface area contributed by atoms with E-state index in [0.29, 0.717) is 6.61 Å².